The van der Waals surface area contributed by atoms with Gasteiger partial charge in [0.15, 0.2) is 0 Å². The second kappa shape index (κ2) is 7.90. The summed E-state index contributed by atoms with van der Waals surface area (Å²) in [6, 6.07) is 24.7. The van der Waals surface area contributed by atoms with E-state index in [1.807, 2.05) is 42.5 Å². The van der Waals surface area contributed by atoms with Crippen molar-refractivity contribution in [1.29, 1.82) is 0 Å². The average molecular weight is 364 g/mol. The molecule has 0 aromatic heterocycles. The Kier molecular flexibility index (Phi) is 4.99. The zero-order valence-electron chi connectivity index (χ0n) is 15.9. The van der Waals surface area contributed by atoms with Crippen molar-refractivity contribution >= 4 is 27.6 Å². The van der Waals surface area contributed by atoms with Gasteiger partial charge >= 0.3 is 0 Å². The topological polar surface area (TPSA) is 18.5 Å². The Balaban J connectivity index is 1.53. The number of allylic oxidation sites excluding steroid dienone is 1. The molecule has 0 heterocycles. The van der Waals surface area contributed by atoms with Gasteiger partial charge in [-0.2, -0.15) is 0 Å². The number of rotatable bonds is 3. The van der Waals surface area contributed by atoms with Crippen molar-refractivity contribution < 1.29 is 9.47 Å². The molecule has 0 atom stereocenters. The van der Waals surface area contributed by atoms with Crippen molar-refractivity contribution in [2.24, 2.45) is 0 Å². The summed E-state index contributed by atoms with van der Waals surface area (Å²) in [6.07, 6.45) is 3.92. The first kappa shape index (κ1) is 17.7. The minimum atomic E-state index is 0.864. The Morgan fingerprint density at radius 2 is 1.21 bits per heavy atom. The highest BCUT2D eigenvalue weighted by Crippen LogP contribution is 2.23. The third kappa shape index (κ3) is 3.84. The molecule has 0 unspecified atom stereocenters. The van der Waals surface area contributed by atoms with Gasteiger partial charge in [0.1, 0.15) is 11.5 Å². The van der Waals surface area contributed by atoms with E-state index < -0.39 is 0 Å². The molecule has 0 aliphatic carbocycles. The second-order valence-corrected chi connectivity index (χ2v) is 6.50. The minimum Gasteiger partial charge on any atom is -0.497 e. The number of fused-ring (bicyclic) bond motifs is 2. The number of methoxy groups -OCH3 is 2. The lowest BCUT2D eigenvalue weighted by Crippen LogP contribution is -1.83. The van der Waals surface area contributed by atoms with Gasteiger partial charge in [-0.15, -0.1) is 0 Å². The molecule has 0 aliphatic heterocycles. The van der Waals surface area contributed by atoms with Crippen LogP contribution in [-0.2, 0) is 0 Å². The third-order valence-corrected chi connectivity index (χ3v) is 4.69. The van der Waals surface area contributed by atoms with E-state index in [-0.39, 0.29) is 0 Å². The Labute approximate surface area is 165 Å². The molecule has 2 heteroatoms. The van der Waals surface area contributed by atoms with Gasteiger partial charge in [-0.25, -0.2) is 0 Å². The van der Waals surface area contributed by atoms with Crippen LogP contribution in [-0.4, -0.2) is 14.2 Å². The van der Waals surface area contributed by atoms with E-state index >= 15 is 0 Å². The number of hydrogen-bond acceptors (Lipinski definition) is 2. The molecular weight excluding hydrogens is 344 g/mol. The van der Waals surface area contributed by atoms with Gasteiger partial charge in [-0.3, -0.25) is 0 Å². The summed E-state index contributed by atoms with van der Waals surface area (Å²) in [4.78, 5) is 0. The molecule has 0 N–H and O–H groups in total. The highest BCUT2D eigenvalue weighted by atomic mass is 16.5. The zero-order chi connectivity index (χ0) is 19.3. The molecule has 0 fully saturated rings. The number of ether oxygens (including phenoxy) is 2. The largest absolute Gasteiger partial charge is 0.497 e. The Hall–Kier alpha value is -3.70. The van der Waals surface area contributed by atoms with E-state index in [0.717, 1.165) is 38.8 Å². The fraction of sp³-hybridized carbons (Fsp3) is 0.0769. The Morgan fingerprint density at radius 1 is 0.643 bits per heavy atom. The first-order chi connectivity index (χ1) is 13.7. The Morgan fingerprint density at radius 3 is 1.89 bits per heavy atom. The first-order valence-corrected chi connectivity index (χ1v) is 9.09. The van der Waals surface area contributed by atoms with Crippen molar-refractivity contribution in [1.82, 2.24) is 0 Å². The van der Waals surface area contributed by atoms with Crippen molar-refractivity contribution in [2.45, 2.75) is 0 Å². The molecule has 136 valence electrons. The van der Waals surface area contributed by atoms with Crippen LogP contribution in [0.2, 0.25) is 0 Å². The maximum absolute atomic E-state index is 5.27. The summed E-state index contributed by atoms with van der Waals surface area (Å²) in [5, 5.41) is 4.64. The van der Waals surface area contributed by atoms with Crippen LogP contribution in [0.4, 0.5) is 0 Å². The molecule has 28 heavy (non-hydrogen) atoms. The molecule has 4 rings (SSSR count). The number of benzene rings is 4. The molecule has 0 radical (unpaired) electrons. The fourth-order valence-electron chi connectivity index (χ4n) is 3.16. The van der Waals surface area contributed by atoms with Gasteiger partial charge in [0.05, 0.1) is 14.2 Å². The molecule has 0 spiro atoms. The standard InChI is InChI=1S/C26H20O2/c1-27-25-13-11-21-15-19(7-9-23(21)17-25)5-3-4-6-20-8-10-24-18-26(28-2)14-12-22(24)16-20/h3,5,7-18H,1-2H3/b5-3+. The van der Waals surface area contributed by atoms with Gasteiger partial charge < -0.3 is 9.47 Å². The normalized spacial score (nSPS) is 10.8. The highest BCUT2D eigenvalue weighted by molar-refractivity contribution is 5.86. The van der Waals surface area contributed by atoms with E-state index in [2.05, 4.69) is 54.3 Å². The van der Waals surface area contributed by atoms with Crippen LogP contribution >= 0.6 is 0 Å². The molecule has 0 saturated carbocycles. The minimum absolute atomic E-state index is 0.864. The van der Waals surface area contributed by atoms with Crippen molar-refractivity contribution in [2.75, 3.05) is 14.2 Å². The van der Waals surface area contributed by atoms with E-state index in [1.54, 1.807) is 14.2 Å². The van der Waals surface area contributed by atoms with Crippen LogP contribution < -0.4 is 9.47 Å². The molecular formula is C26H20O2. The van der Waals surface area contributed by atoms with Crippen LogP contribution in [0.5, 0.6) is 11.5 Å². The fourth-order valence-corrected chi connectivity index (χ4v) is 3.16. The molecule has 0 amide bonds. The van der Waals surface area contributed by atoms with Crippen LogP contribution in [0, 0.1) is 11.8 Å². The summed E-state index contributed by atoms with van der Waals surface area (Å²) >= 11 is 0. The lowest BCUT2D eigenvalue weighted by atomic mass is 10.1. The van der Waals surface area contributed by atoms with Gasteiger partial charge in [0, 0.05) is 5.56 Å². The monoisotopic (exact) mass is 364 g/mol. The Bertz CT molecular complexity index is 1240. The second-order valence-electron chi connectivity index (χ2n) is 6.50. The SMILES string of the molecule is COc1ccc2cc(C#C/C=C/c3ccc4cc(OC)ccc4c3)ccc2c1. The maximum Gasteiger partial charge on any atom is 0.119 e. The summed E-state index contributed by atoms with van der Waals surface area (Å²) < 4.78 is 10.5. The molecule has 2 nitrogen and oxygen atoms in total. The third-order valence-electron chi connectivity index (χ3n) is 4.69. The summed E-state index contributed by atoms with van der Waals surface area (Å²) in [7, 11) is 3.36. The van der Waals surface area contributed by atoms with E-state index in [1.165, 1.54) is 5.39 Å². The summed E-state index contributed by atoms with van der Waals surface area (Å²) in [5.41, 5.74) is 2.12. The van der Waals surface area contributed by atoms with Crippen molar-refractivity contribution in [3.63, 3.8) is 0 Å². The van der Waals surface area contributed by atoms with Gasteiger partial charge in [0.25, 0.3) is 0 Å². The van der Waals surface area contributed by atoms with Crippen molar-refractivity contribution in [3.05, 3.63) is 90.0 Å². The van der Waals surface area contributed by atoms with Crippen LogP contribution in [0.1, 0.15) is 11.1 Å². The van der Waals surface area contributed by atoms with E-state index in [4.69, 9.17) is 9.47 Å². The highest BCUT2D eigenvalue weighted by Gasteiger charge is 1.98. The lowest BCUT2D eigenvalue weighted by molar-refractivity contribution is 0.415. The molecule has 0 saturated heterocycles. The lowest BCUT2D eigenvalue weighted by Gasteiger charge is -2.03. The van der Waals surface area contributed by atoms with Gasteiger partial charge in [0.2, 0.25) is 0 Å². The van der Waals surface area contributed by atoms with Crippen LogP contribution in [0.15, 0.2) is 78.9 Å². The molecule has 4 aromatic carbocycles. The summed E-state index contributed by atoms with van der Waals surface area (Å²) in [6.45, 7) is 0. The predicted octanol–water partition coefficient (Wildman–Crippen LogP) is 6.08. The van der Waals surface area contributed by atoms with Crippen LogP contribution in [0.3, 0.4) is 0 Å². The smallest absolute Gasteiger partial charge is 0.119 e. The predicted molar refractivity (Wildman–Crippen MR) is 117 cm³/mol. The summed E-state index contributed by atoms with van der Waals surface area (Å²) in [5.74, 6) is 8.07. The average Bonchev–Trinajstić information content (AvgIpc) is 2.75. The van der Waals surface area contributed by atoms with Gasteiger partial charge in [-0.1, -0.05) is 42.2 Å². The quantitative estimate of drug-likeness (QED) is 0.411. The first-order valence-electron chi connectivity index (χ1n) is 9.09. The van der Waals surface area contributed by atoms with Crippen LogP contribution in [0.25, 0.3) is 27.6 Å². The molecule has 0 bridgehead atoms. The van der Waals surface area contributed by atoms with Gasteiger partial charge in [-0.05, 0) is 81.7 Å². The zero-order valence-corrected chi connectivity index (χ0v) is 15.9. The van der Waals surface area contributed by atoms with E-state index in [0.29, 0.717) is 0 Å². The maximum atomic E-state index is 5.27. The number of hydrogen-bond donors (Lipinski definition) is 0. The van der Waals surface area contributed by atoms with E-state index in [9.17, 15) is 0 Å². The molecule has 0 aliphatic rings. The molecule has 4 aromatic rings. The van der Waals surface area contributed by atoms with Crippen molar-refractivity contribution in [3.8, 4) is 23.3 Å².